The molecule has 2 rings (SSSR count). The summed E-state index contributed by atoms with van der Waals surface area (Å²) in [7, 11) is 0. The van der Waals surface area contributed by atoms with Crippen LogP contribution in [0.3, 0.4) is 0 Å². The summed E-state index contributed by atoms with van der Waals surface area (Å²) >= 11 is 0. The predicted octanol–water partition coefficient (Wildman–Crippen LogP) is 4.94. The summed E-state index contributed by atoms with van der Waals surface area (Å²) in [6.45, 7) is 6.04. The van der Waals surface area contributed by atoms with Crippen LogP contribution in [0.2, 0.25) is 0 Å². The fourth-order valence-electron chi connectivity index (χ4n) is 3.18. The lowest BCUT2D eigenvalue weighted by Gasteiger charge is -2.31. The third kappa shape index (κ3) is 2.08. The van der Waals surface area contributed by atoms with Crippen molar-refractivity contribution in [2.24, 2.45) is 5.41 Å². The molecule has 0 spiro atoms. The largest absolute Gasteiger partial charge is 0.133 e. The SMILES string of the molecule is C=C=CCCC=C1CCC2=CCCCC12C. The van der Waals surface area contributed by atoms with Crippen molar-refractivity contribution in [2.75, 3.05) is 0 Å². The minimum atomic E-state index is 0.427. The third-order valence-corrected chi connectivity index (χ3v) is 4.20. The van der Waals surface area contributed by atoms with Gasteiger partial charge in [0.05, 0.1) is 0 Å². The van der Waals surface area contributed by atoms with Gasteiger partial charge in [-0.2, -0.15) is 0 Å². The summed E-state index contributed by atoms with van der Waals surface area (Å²) in [5.74, 6) is 0. The van der Waals surface area contributed by atoms with Crippen molar-refractivity contribution in [1.82, 2.24) is 0 Å². The molecule has 1 atom stereocenters. The molecule has 0 amide bonds. The van der Waals surface area contributed by atoms with Crippen LogP contribution in [0, 0.1) is 5.41 Å². The number of fused-ring (bicyclic) bond motifs is 1. The molecule has 0 radical (unpaired) electrons. The van der Waals surface area contributed by atoms with Gasteiger partial charge in [-0.3, -0.25) is 0 Å². The van der Waals surface area contributed by atoms with Gasteiger partial charge in [0.2, 0.25) is 0 Å². The summed E-state index contributed by atoms with van der Waals surface area (Å²) < 4.78 is 0. The van der Waals surface area contributed by atoms with Gasteiger partial charge in [-0.1, -0.05) is 36.8 Å². The molecule has 16 heavy (non-hydrogen) atoms. The van der Waals surface area contributed by atoms with E-state index in [0.717, 1.165) is 12.8 Å². The highest BCUT2D eigenvalue weighted by molar-refractivity contribution is 5.36. The van der Waals surface area contributed by atoms with E-state index in [1.54, 1.807) is 11.1 Å². The van der Waals surface area contributed by atoms with Crippen LogP contribution in [0.4, 0.5) is 0 Å². The van der Waals surface area contributed by atoms with Crippen molar-refractivity contribution >= 4 is 0 Å². The lowest BCUT2D eigenvalue weighted by Crippen LogP contribution is -2.18. The highest BCUT2D eigenvalue weighted by Crippen LogP contribution is 2.52. The molecule has 2 aliphatic carbocycles. The maximum atomic E-state index is 3.60. The first-order valence-electron chi connectivity index (χ1n) is 6.50. The van der Waals surface area contributed by atoms with Gasteiger partial charge in [0.25, 0.3) is 0 Å². The molecule has 0 heterocycles. The van der Waals surface area contributed by atoms with Crippen LogP contribution in [0.25, 0.3) is 0 Å². The molecule has 86 valence electrons. The Bertz CT molecular complexity index is 363. The second-order valence-corrected chi connectivity index (χ2v) is 5.17. The highest BCUT2D eigenvalue weighted by atomic mass is 14.4. The summed E-state index contributed by atoms with van der Waals surface area (Å²) in [6.07, 6.45) is 15.9. The minimum absolute atomic E-state index is 0.427. The lowest BCUT2D eigenvalue weighted by molar-refractivity contribution is 0.422. The molecule has 0 aliphatic heterocycles. The fraction of sp³-hybridized carbons (Fsp3) is 0.562. The third-order valence-electron chi connectivity index (χ3n) is 4.20. The number of hydrogen-bond donors (Lipinski definition) is 0. The number of rotatable bonds is 3. The first kappa shape index (κ1) is 11.5. The van der Waals surface area contributed by atoms with Gasteiger partial charge in [0.1, 0.15) is 0 Å². The van der Waals surface area contributed by atoms with Crippen molar-refractivity contribution < 1.29 is 0 Å². The van der Waals surface area contributed by atoms with Gasteiger partial charge in [0.15, 0.2) is 0 Å². The van der Waals surface area contributed by atoms with Crippen molar-refractivity contribution in [3.63, 3.8) is 0 Å². The zero-order valence-corrected chi connectivity index (χ0v) is 10.4. The Kier molecular flexibility index (Phi) is 3.51. The molecule has 0 saturated heterocycles. The quantitative estimate of drug-likeness (QED) is 0.354. The van der Waals surface area contributed by atoms with Gasteiger partial charge in [-0.05, 0) is 51.0 Å². The monoisotopic (exact) mass is 214 g/mol. The normalized spacial score (nSPS) is 30.8. The Morgan fingerprint density at radius 1 is 1.44 bits per heavy atom. The predicted molar refractivity (Wildman–Crippen MR) is 70.3 cm³/mol. The van der Waals surface area contributed by atoms with Crippen molar-refractivity contribution in [1.29, 1.82) is 0 Å². The van der Waals surface area contributed by atoms with E-state index >= 15 is 0 Å². The summed E-state index contributed by atoms with van der Waals surface area (Å²) in [6, 6.07) is 0. The van der Waals surface area contributed by atoms with E-state index in [0.29, 0.717) is 5.41 Å². The van der Waals surface area contributed by atoms with Gasteiger partial charge >= 0.3 is 0 Å². The van der Waals surface area contributed by atoms with E-state index in [4.69, 9.17) is 0 Å². The zero-order valence-electron chi connectivity index (χ0n) is 10.4. The van der Waals surface area contributed by atoms with E-state index in [2.05, 4.69) is 31.4 Å². The van der Waals surface area contributed by atoms with Crippen molar-refractivity contribution in [2.45, 2.75) is 51.9 Å². The average Bonchev–Trinajstić information content (AvgIpc) is 2.62. The maximum Gasteiger partial charge on any atom is 0.00925 e. The molecule has 0 N–H and O–H groups in total. The Morgan fingerprint density at radius 2 is 2.31 bits per heavy atom. The molecule has 1 unspecified atom stereocenters. The Labute approximate surface area is 99.4 Å². The molecule has 0 bridgehead atoms. The molecule has 0 aromatic rings. The van der Waals surface area contributed by atoms with Crippen LogP contribution >= 0.6 is 0 Å². The Hall–Kier alpha value is -1.00. The topological polar surface area (TPSA) is 0 Å². The Balaban J connectivity index is 2.08. The second kappa shape index (κ2) is 4.89. The molecule has 0 aromatic heterocycles. The molecular weight excluding hydrogens is 192 g/mol. The molecule has 1 fully saturated rings. The maximum absolute atomic E-state index is 3.60. The number of allylic oxidation sites excluding steroid dienone is 5. The van der Waals surface area contributed by atoms with Gasteiger partial charge in [-0.25, -0.2) is 0 Å². The van der Waals surface area contributed by atoms with Crippen LogP contribution < -0.4 is 0 Å². The molecule has 1 saturated carbocycles. The van der Waals surface area contributed by atoms with Crippen molar-refractivity contribution in [3.05, 3.63) is 41.7 Å². The summed E-state index contributed by atoms with van der Waals surface area (Å²) in [4.78, 5) is 0. The average molecular weight is 214 g/mol. The molecule has 0 heteroatoms. The van der Waals surface area contributed by atoms with Crippen LogP contribution in [0.1, 0.15) is 51.9 Å². The van der Waals surface area contributed by atoms with E-state index < -0.39 is 0 Å². The van der Waals surface area contributed by atoms with Crippen LogP contribution in [0.5, 0.6) is 0 Å². The minimum Gasteiger partial charge on any atom is -0.133 e. The zero-order chi connectivity index (χ0) is 11.4. The van der Waals surface area contributed by atoms with Crippen LogP contribution in [-0.4, -0.2) is 0 Å². The molecular formula is C16H22. The van der Waals surface area contributed by atoms with Gasteiger partial charge in [0, 0.05) is 5.41 Å². The molecule has 0 aromatic carbocycles. The van der Waals surface area contributed by atoms with Gasteiger partial charge in [-0.15, -0.1) is 5.73 Å². The van der Waals surface area contributed by atoms with Gasteiger partial charge < -0.3 is 0 Å². The first-order chi connectivity index (χ1) is 7.77. The smallest absolute Gasteiger partial charge is 0.00925 e. The summed E-state index contributed by atoms with van der Waals surface area (Å²) in [5, 5.41) is 0. The standard InChI is InChI=1S/C16H22/c1-3-4-5-6-9-14-11-12-15-10-7-8-13-16(14,15)2/h4,9-10H,1,5-8,11-13H2,2H3. The number of hydrogen-bond acceptors (Lipinski definition) is 0. The van der Waals surface area contributed by atoms with Crippen LogP contribution in [0.15, 0.2) is 41.7 Å². The highest BCUT2D eigenvalue weighted by Gasteiger charge is 2.38. The lowest BCUT2D eigenvalue weighted by atomic mass is 9.73. The second-order valence-electron chi connectivity index (χ2n) is 5.17. The van der Waals surface area contributed by atoms with E-state index in [-0.39, 0.29) is 0 Å². The molecule has 0 nitrogen and oxygen atoms in total. The van der Waals surface area contributed by atoms with E-state index in [9.17, 15) is 0 Å². The van der Waals surface area contributed by atoms with Crippen LogP contribution in [-0.2, 0) is 0 Å². The van der Waals surface area contributed by atoms with Crippen molar-refractivity contribution in [3.8, 4) is 0 Å². The summed E-state index contributed by atoms with van der Waals surface area (Å²) in [5.41, 5.74) is 6.67. The van der Waals surface area contributed by atoms with E-state index in [1.807, 2.05) is 6.08 Å². The Morgan fingerprint density at radius 3 is 3.12 bits per heavy atom. The first-order valence-corrected chi connectivity index (χ1v) is 6.50. The van der Waals surface area contributed by atoms with E-state index in [1.165, 1.54) is 32.1 Å². The fourth-order valence-corrected chi connectivity index (χ4v) is 3.18. The molecule has 2 aliphatic rings. The number of unbranched alkanes of at least 4 members (excludes halogenated alkanes) is 1.